The Bertz CT molecular complexity index is 638. The maximum Gasteiger partial charge on any atom is 0.315 e. The second-order valence-electron chi connectivity index (χ2n) is 6.34. The van der Waals surface area contributed by atoms with Crippen LogP contribution in [0.15, 0.2) is 43.0 Å². The Kier molecular flexibility index (Phi) is 5.10. The van der Waals surface area contributed by atoms with Gasteiger partial charge < -0.3 is 15.7 Å². The number of aliphatic hydroxyl groups is 1. The molecule has 1 aromatic heterocycles. The minimum Gasteiger partial charge on any atom is -0.388 e. The molecular formula is C17H23N5O2. The molecule has 1 saturated carbocycles. The van der Waals surface area contributed by atoms with Gasteiger partial charge in [0.1, 0.15) is 12.7 Å². The zero-order chi connectivity index (χ0) is 16.8. The summed E-state index contributed by atoms with van der Waals surface area (Å²) in [5.41, 5.74) is 0.230. The second kappa shape index (κ2) is 7.44. The van der Waals surface area contributed by atoms with E-state index in [2.05, 4.69) is 20.7 Å². The number of nitrogens with one attached hydrogen (secondary N) is 2. The maximum absolute atomic E-state index is 12.3. The van der Waals surface area contributed by atoms with E-state index in [-0.39, 0.29) is 18.6 Å². The third-order valence-corrected chi connectivity index (χ3v) is 4.46. The first kappa shape index (κ1) is 16.4. The molecular weight excluding hydrogens is 306 g/mol. The van der Waals surface area contributed by atoms with Gasteiger partial charge in [-0.25, -0.2) is 9.78 Å². The van der Waals surface area contributed by atoms with Crippen LogP contribution in [0.2, 0.25) is 0 Å². The van der Waals surface area contributed by atoms with Crippen LogP contribution in [-0.2, 0) is 6.54 Å². The van der Waals surface area contributed by atoms with E-state index < -0.39 is 5.60 Å². The number of carbonyl (C=O) groups excluding carboxylic acids is 1. The van der Waals surface area contributed by atoms with Crippen LogP contribution in [0, 0.1) is 0 Å². The highest BCUT2D eigenvalue weighted by Gasteiger charge is 2.31. The van der Waals surface area contributed by atoms with Gasteiger partial charge in [-0.3, -0.25) is 4.68 Å². The molecule has 24 heavy (non-hydrogen) atoms. The van der Waals surface area contributed by atoms with Gasteiger partial charge in [0.15, 0.2) is 0 Å². The molecule has 0 spiro atoms. The fourth-order valence-electron chi connectivity index (χ4n) is 3.10. The minimum absolute atomic E-state index is 0.230. The van der Waals surface area contributed by atoms with Crippen LogP contribution in [0.1, 0.15) is 37.3 Å². The smallest absolute Gasteiger partial charge is 0.315 e. The molecule has 0 bridgehead atoms. The third kappa shape index (κ3) is 4.32. The molecule has 0 saturated heterocycles. The molecule has 1 aromatic carbocycles. The number of hydrogen-bond acceptors (Lipinski definition) is 4. The van der Waals surface area contributed by atoms with Gasteiger partial charge in [-0.2, -0.15) is 5.10 Å². The molecule has 1 atom stereocenters. The molecule has 2 amide bonds. The Morgan fingerprint density at radius 3 is 2.71 bits per heavy atom. The molecule has 1 unspecified atom stereocenters. The topological polar surface area (TPSA) is 92.1 Å². The van der Waals surface area contributed by atoms with Gasteiger partial charge in [0.25, 0.3) is 0 Å². The molecule has 3 N–H and O–H groups in total. The SMILES string of the molecule is O=C(NCC1(O)CCCC1)NC(Cn1cncn1)c1ccccc1. The normalized spacial score (nSPS) is 17.4. The van der Waals surface area contributed by atoms with Crippen LogP contribution in [-0.4, -0.2) is 38.0 Å². The minimum atomic E-state index is -0.758. The van der Waals surface area contributed by atoms with Gasteiger partial charge >= 0.3 is 6.03 Å². The van der Waals surface area contributed by atoms with Crippen molar-refractivity contribution < 1.29 is 9.90 Å². The summed E-state index contributed by atoms with van der Waals surface area (Å²) in [5.74, 6) is 0. The van der Waals surface area contributed by atoms with E-state index in [9.17, 15) is 9.90 Å². The Morgan fingerprint density at radius 2 is 2.04 bits per heavy atom. The van der Waals surface area contributed by atoms with E-state index in [1.54, 1.807) is 11.0 Å². The lowest BCUT2D eigenvalue weighted by Crippen LogP contribution is -2.46. The van der Waals surface area contributed by atoms with Crippen molar-refractivity contribution in [2.75, 3.05) is 6.54 Å². The van der Waals surface area contributed by atoms with Gasteiger partial charge in [0.2, 0.25) is 0 Å². The van der Waals surface area contributed by atoms with Crippen molar-refractivity contribution in [2.24, 2.45) is 0 Å². The maximum atomic E-state index is 12.3. The van der Waals surface area contributed by atoms with Crippen LogP contribution in [0.3, 0.4) is 0 Å². The molecule has 128 valence electrons. The predicted molar refractivity (Wildman–Crippen MR) is 89.2 cm³/mol. The Labute approximate surface area is 141 Å². The Hall–Kier alpha value is -2.41. The van der Waals surface area contributed by atoms with E-state index in [4.69, 9.17) is 0 Å². The summed E-state index contributed by atoms with van der Waals surface area (Å²) in [6.45, 7) is 0.769. The highest BCUT2D eigenvalue weighted by molar-refractivity contribution is 5.74. The quantitative estimate of drug-likeness (QED) is 0.751. The molecule has 3 rings (SSSR count). The molecule has 1 aliphatic carbocycles. The van der Waals surface area contributed by atoms with Crippen LogP contribution in [0.25, 0.3) is 0 Å². The monoisotopic (exact) mass is 329 g/mol. The number of aromatic nitrogens is 3. The van der Waals surface area contributed by atoms with Crippen molar-refractivity contribution in [3.63, 3.8) is 0 Å². The van der Waals surface area contributed by atoms with Crippen molar-refractivity contribution in [1.82, 2.24) is 25.4 Å². The molecule has 1 aliphatic rings. The number of benzene rings is 1. The first-order valence-corrected chi connectivity index (χ1v) is 8.29. The number of rotatable bonds is 6. The molecule has 0 radical (unpaired) electrons. The average molecular weight is 329 g/mol. The van der Waals surface area contributed by atoms with Gasteiger partial charge in [-0.15, -0.1) is 0 Å². The van der Waals surface area contributed by atoms with Crippen LogP contribution >= 0.6 is 0 Å². The van der Waals surface area contributed by atoms with Gasteiger partial charge in [-0.05, 0) is 18.4 Å². The van der Waals surface area contributed by atoms with E-state index >= 15 is 0 Å². The molecule has 7 nitrogen and oxygen atoms in total. The largest absolute Gasteiger partial charge is 0.388 e. The number of urea groups is 1. The van der Waals surface area contributed by atoms with Gasteiger partial charge in [0, 0.05) is 6.54 Å². The highest BCUT2D eigenvalue weighted by Crippen LogP contribution is 2.28. The van der Waals surface area contributed by atoms with Crippen molar-refractivity contribution in [3.8, 4) is 0 Å². The molecule has 7 heteroatoms. The summed E-state index contributed by atoms with van der Waals surface area (Å²) >= 11 is 0. The van der Waals surface area contributed by atoms with E-state index in [0.29, 0.717) is 6.54 Å². The second-order valence-corrected chi connectivity index (χ2v) is 6.34. The summed E-state index contributed by atoms with van der Waals surface area (Å²) in [5, 5.41) is 20.2. The zero-order valence-electron chi connectivity index (χ0n) is 13.6. The van der Waals surface area contributed by atoms with Gasteiger partial charge in [-0.1, -0.05) is 43.2 Å². The van der Waals surface area contributed by atoms with E-state index in [0.717, 1.165) is 31.2 Å². The molecule has 1 heterocycles. The fraction of sp³-hybridized carbons (Fsp3) is 0.471. The van der Waals surface area contributed by atoms with Crippen LogP contribution in [0.5, 0.6) is 0 Å². The van der Waals surface area contributed by atoms with E-state index in [1.807, 2.05) is 30.3 Å². The standard InChI is InChI=1S/C17H23N5O2/c23-16(19-11-17(24)8-4-5-9-17)21-15(10-22-13-18-12-20-22)14-6-2-1-3-7-14/h1-3,6-7,12-13,15,24H,4-5,8-11H2,(H2,19,21,23). The fourth-order valence-corrected chi connectivity index (χ4v) is 3.10. The third-order valence-electron chi connectivity index (χ3n) is 4.46. The zero-order valence-corrected chi connectivity index (χ0v) is 13.6. The van der Waals surface area contributed by atoms with Crippen molar-refractivity contribution >= 4 is 6.03 Å². The predicted octanol–water partition coefficient (Wildman–Crippen LogP) is 1.62. The summed E-state index contributed by atoms with van der Waals surface area (Å²) in [7, 11) is 0. The van der Waals surface area contributed by atoms with Crippen molar-refractivity contribution in [1.29, 1.82) is 0 Å². The first-order chi connectivity index (χ1) is 11.6. The summed E-state index contributed by atoms with van der Waals surface area (Å²) in [6, 6.07) is 9.22. The number of nitrogens with zero attached hydrogens (tertiary/aromatic N) is 3. The number of amides is 2. The molecule has 1 fully saturated rings. The average Bonchev–Trinajstić information content (AvgIpc) is 3.26. The van der Waals surface area contributed by atoms with E-state index in [1.165, 1.54) is 6.33 Å². The summed E-state index contributed by atoms with van der Waals surface area (Å²) < 4.78 is 1.68. The Balaban J connectivity index is 1.61. The molecule has 2 aromatic rings. The Morgan fingerprint density at radius 1 is 1.29 bits per heavy atom. The summed E-state index contributed by atoms with van der Waals surface area (Å²) in [6.07, 6.45) is 6.61. The van der Waals surface area contributed by atoms with Crippen molar-refractivity contribution in [3.05, 3.63) is 48.5 Å². The van der Waals surface area contributed by atoms with Crippen LogP contribution < -0.4 is 10.6 Å². The van der Waals surface area contributed by atoms with Crippen LogP contribution in [0.4, 0.5) is 4.79 Å². The van der Waals surface area contributed by atoms with Crippen molar-refractivity contribution in [2.45, 2.75) is 43.9 Å². The van der Waals surface area contributed by atoms with Gasteiger partial charge in [0.05, 0.1) is 18.2 Å². The lowest BCUT2D eigenvalue weighted by Gasteiger charge is -2.24. The first-order valence-electron chi connectivity index (χ1n) is 8.29. The lowest BCUT2D eigenvalue weighted by molar-refractivity contribution is 0.0500. The number of hydrogen-bond donors (Lipinski definition) is 3. The number of carbonyl (C=O) groups is 1. The summed E-state index contributed by atoms with van der Waals surface area (Å²) in [4.78, 5) is 16.2. The lowest BCUT2D eigenvalue weighted by atomic mass is 10.0. The molecule has 0 aliphatic heterocycles. The highest BCUT2D eigenvalue weighted by atomic mass is 16.3.